The Hall–Kier alpha value is -0.0900. The minimum absolute atomic E-state index is 0.203. The summed E-state index contributed by atoms with van der Waals surface area (Å²) in [4.78, 5) is 0. The smallest absolute Gasteiger partial charge is 0.152 e. The highest BCUT2D eigenvalue weighted by atomic mass is 32.2. The highest BCUT2D eigenvalue weighted by molar-refractivity contribution is 7.91. The van der Waals surface area contributed by atoms with Crippen molar-refractivity contribution in [2.24, 2.45) is 5.92 Å². The van der Waals surface area contributed by atoms with Crippen molar-refractivity contribution in [2.75, 3.05) is 5.75 Å². The van der Waals surface area contributed by atoms with Crippen LogP contribution in [0.5, 0.6) is 0 Å². The van der Waals surface area contributed by atoms with Gasteiger partial charge in [0.25, 0.3) is 0 Å². The van der Waals surface area contributed by atoms with Crippen LogP contribution in [0.4, 0.5) is 0 Å². The molecule has 0 bridgehead atoms. The molecular formula is C11H22O3S. The summed E-state index contributed by atoms with van der Waals surface area (Å²) in [6, 6.07) is 0. The molecule has 1 aliphatic rings. The van der Waals surface area contributed by atoms with E-state index in [1.807, 2.05) is 0 Å². The average Bonchev–Trinajstić information content (AvgIpc) is 2.15. The van der Waals surface area contributed by atoms with E-state index in [9.17, 15) is 13.5 Å². The lowest BCUT2D eigenvalue weighted by atomic mass is 9.86. The zero-order chi connectivity index (χ0) is 11.5. The molecule has 15 heavy (non-hydrogen) atoms. The Labute approximate surface area is 92.8 Å². The molecule has 0 aromatic carbocycles. The summed E-state index contributed by atoms with van der Waals surface area (Å²) in [6.07, 6.45) is 4.29. The van der Waals surface area contributed by atoms with Gasteiger partial charge in [-0.3, -0.25) is 0 Å². The van der Waals surface area contributed by atoms with Crippen molar-refractivity contribution in [3.8, 4) is 0 Å². The largest absolute Gasteiger partial charge is 0.393 e. The highest BCUT2D eigenvalue weighted by Gasteiger charge is 2.23. The summed E-state index contributed by atoms with van der Waals surface area (Å²) < 4.78 is 23.2. The molecule has 90 valence electrons. The zero-order valence-corrected chi connectivity index (χ0v) is 10.5. The highest BCUT2D eigenvalue weighted by Crippen LogP contribution is 2.27. The van der Waals surface area contributed by atoms with E-state index >= 15 is 0 Å². The molecule has 0 aliphatic heterocycles. The predicted octanol–water partition coefficient (Wildman–Crippen LogP) is 1.75. The molecular weight excluding hydrogens is 212 g/mol. The van der Waals surface area contributed by atoms with Crippen molar-refractivity contribution < 1.29 is 13.5 Å². The van der Waals surface area contributed by atoms with E-state index in [1.54, 1.807) is 13.8 Å². The minimum Gasteiger partial charge on any atom is -0.393 e. The van der Waals surface area contributed by atoms with Crippen LogP contribution in [0.25, 0.3) is 0 Å². The summed E-state index contributed by atoms with van der Waals surface area (Å²) in [5.74, 6) is 0.685. The second-order valence-corrected chi connectivity index (χ2v) is 7.57. The van der Waals surface area contributed by atoms with Crippen LogP contribution in [0.3, 0.4) is 0 Å². The van der Waals surface area contributed by atoms with Gasteiger partial charge in [-0.05, 0) is 39.0 Å². The van der Waals surface area contributed by atoms with Gasteiger partial charge in [-0.15, -0.1) is 0 Å². The van der Waals surface area contributed by atoms with Gasteiger partial charge in [-0.25, -0.2) is 8.42 Å². The van der Waals surface area contributed by atoms with Gasteiger partial charge < -0.3 is 5.11 Å². The maximum Gasteiger partial charge on any atom is 0.152 e. The van der Waals surface area contributed by atoms with Crippen LogP contribution >= 0.6 is 0 Å². The molecule has 0 aromatic rings. The zero-order valence-electron chi connectivity index (χ0n) is 9.65. The van der Waals surface area contributed by atoms with Gasteiger partial charge in [-0.1, -0.05) is 12.8 Å². The number of rotatable bonds is 4. The lowest BCUT2D eigenvalue weighted by Crippen LogP contribution is -2.24. The fraction of sp³-hybridized carbons (Fsp3) is 1.00. The van der Waals surface area contributed by atoms with Gasteiger partial charge in [0.1, 0.15) is 0 Å². The van der Waals surface area contributed by atoms with Crippen LogP contribution in [0.1, 0.15) is 46.0 Å². The normalized spacial score (nSPS) is 28.3. The Morgan fingerprint density at radius 3 is 2.53 bits per heavy atom. The summed E-state index contributed by atoms with van der Waals surface area (Å²) in [7, 11) is -2.90. The standard InChI is InChI=1S/C11H22O3S/c1-9(2)15(13,14)7-6-10-4-3-5-11(12)8-10/h9-12H,3-8H2,1-2H3. The van der Waals surface area contributed by atoms with Gasteiger partial charge in [0, 0.05) is 0 Å². The molecule has 4 heteroatoms. The van der Waals surface area contributed by atoms with Gasteiger partial charge in [-0.2, -0.15) is 0 Å². The summed E-state index contributed by atoms with van der Waals surface area (Å²) >= 11 is 0. The van der Waals surface area contributed by atoms with Crippen molar-refractivity contribution in [2.45, 2.75) is 57.3 Å². The van der Waals surface area contributed by atoms with E-state index in [-0.39, 0.29) is 17.1 Å². The lowest BCUT2D eigenvalue weighted by molar-refractivity contribution is 0.100. The molecule has 2 unspecified atom stereocenters. The first-order valence-electron chi connectivity index (χ1n) is 5.81. The third kappa shape index (κ3) is 4.11. The number of sulfone groups is 1. The molecule has 0 aromatic heterocycles. The minimum atomic E-state index is -2.90. The Bertz CT molecular complexity index is 282. The van der Waals surface area contributed by atoms with Crippen LogP contribution < -0.4 is 0 Å². The van der Waals surface area contributed by atoms with Crippen molar-refractivity contribution in [3.05, 3.63) is 0 Å². The second kappa shape index (κ2) is 5.30. The van der Waals surface area contributed by atoms with E-state index in [4.69, 9.17) is 0 Å². The summed E-state index contributed by atoms with van der Waals surface area (Å²) in [5, 5.41) is 9.20. The first-order chi connectivity index (χ1) is 6.92. The molecule has 0 radical (unpaired) electrons. The van der Waals surface area contributed by atoms with Crippen molar-refractivity contribution >= 4 is 9.84 Å². The molecule has 1 fully saturated rings. The molecule has 1 aliphatic carbocycles. The molecule has 0 saturated heterocycles. The van der Waals surface area contributed by atoms with Gasteiger partial charge in [0.2, 0.25) is 0 Å². The van der Waals surface area contributed by atoms with Gasteiger partial charge in [0.05, 0.1) is 17.1 Å². The second-order valence-electron chi connectivity index (χ2n) is 4.89. The van der Waals surface area contributed by atoms with Crippen LogP contribution in [-0.2, 0) is 9.84 Å². The van der Waals surface area contributed by atoms with Crippen LogP contribution in [-0.4, -0.2) is 30.6 Å². The van der Waals surface area contributed by atoms with Crippen molar-refractivity contribution in [1.82, 2.24) is 0 Å². The van der Waals surface area contributed by atoms with Crippen LogP contribution in [0.2, 0.25) is 0 Å². The Kier molecular flexibility index (Phi) is 4.59. The molecule has 3 nitrogen and oxygen atoms in total. The first kappa shape index (κ1) is 13.0. The molecule has 1 rings (SSSR count). The quantitative estimate of drug-likeness (QED) is 0.806. The SMILES string of the molecule is CC(C)S(=O)(=O)CCC1CCCC(O)C1. The third-order valence-corrected chi connectivity index (χ3v) is 5.53. The van der Waals surface area contributed by atoms with Crippen molar-refractivity contribution in [1.29, 1.82) is 0 Å². The van der Waals surface area contributed by atoms with Crippen LogP contribution in [0.15, 0.2) is 0 Å². The number of hydrogen-bond donors (Lipinski definition) is 1. The molecule has 1 N–H and O–H groups in total. The fourth-order valence-corrected chi connectivity index (χ4v) is 3.22. The maximum absolute atomic E-state index is 11.6. The van der Waals surface area contributed by atoms with Crippen molar-refractivity contribution in [3.63, 3.8) is 0 Å². The third-order valence-electron chi connectivity index (χ3n) is 3.28. The van der Waals surface area contributed by atoms with E-state index < -0.39 is 9.84 Å². The van der Waals surface area contributed by atoms with E-state index in [2.05, 4.69) is 0 Å². The number of aliphatic hydroxyl groups excluding tert-OH is 1. The van der Waals surface area contributed by atoms with Gasteiger partial charge in [0.15, 0.2) is 9.84 Å². The Balaban J connectivity index is 2.37. The van der Waals surface area contributed by atoms with E-state index in [0.29, 0.717) is 5.92 Å². The number of aliphatic hydroxyl groups is 1. The lowest BCUT2D eigenvalue weighted by Gasteiger charge is -2.25. The molecule has 0 spiro atoms. The molecule has 0 heterocycles. The average molecular weight is 234 g/mol. The van der Waals surface area contributed by atoms with Gasteiger partial charge >= 0.3 is 0 Å². The Morgan fingerprint density at radius 1 is 1.33 bits per heavy atom. The monoisotopic (exact) mass is 234 g/mol. The molecule has 2 atom stereocenters. The topological polar surface area (TPSA) is 54.4 Å². The Morgan fingerprint density at radius 2 is 2.00 bits per heavy atom. The molecule has 1 saturated carbocycles. The predicted molar refractivity (Wildman–Crippen MR) is 61.5 cm³/mol. The maximum atomic E-state index is 11.6. The number of hydrogen-bond acceptors (Lipinski definition) is 3. The summed E-state index contributed by atoms with van der Waals surface area (Å²) in [6.45, 7) is 3.45. The molecule has 0 amide bonds. The van der Waals surface area contributed by atoms with Crippen LogP contribution in [0, 0.1) is 5.92 Å². The van der Waals surface area contributed by atoms with E-state index in [1.165, 1.54) is 0 Å². The fourth-order valence-electron chi connectivity index (χ4n) is 2.09. The van der Waals surface area contributed by atoms with E-state index in [0.717, 1.165) is 32.1 Å². The summed E-state index contributed by atoms with van der Waals surface area (Å²) in [5.41, 5.74) is 0. The first-order valence-corrected chi connectivity index (χ1v) is 7.53.